The van der Waals surface area contributed by atoms with E-state index < -0.39 is 0 Å². The van der Waals surface area contributed by atoms with E-state index in [1.54, 1.807) is 0 Å². The molecule has 1 rings (SSSR count). The first-order valence-electron chi connectivity index (χ1n) is 5.71. The summed E-state index contributed by atoms with van der Waals surface area (Å²) in [7, 11) is 0. The van der Waals surface area contributed by atoms with Gasteiger partial charge in [-0.25, -0.2) is 0 Å². The molecular formula is C11H27NS. The lowest BCUT2D eigenvalue weighted by atomic mass is 10.3. The summed E-state index contributed by atoms with van der Waals surface area (Å²) >= 11 is 2.02. The van der Waals surface area contributed by atoms with Crippen molar-refractivity contribution in [3.63, 3.8) is 0 Å². The highest BCUT2D eigenvalue weighted by Crippen LogP contribution is 2.28. The van der Waals surface area contributed by atoms with Gasteiger partial charge in [0.25, 0.3) is 0 Å². The second-order valence-corrected chi connectivity index (χ2v) is 4.10. The zero-order chi connectivity index (χ0) is 10.7. The van der Waals surface area contributed by atoms with Crippen molar-refractivity contribution in [2.24, 2.45) is 5.73 Å². The second kappa shape index (κ2) is 12.3. The maximum Gasteiger partial charge on any atom is 0.0198 e. The first kappa shape index (κ1) is 15.8. The van der Waals surface area contributed by atoms with E-state index in [9.17, 15) is 0 Å². The Morgan fingerprint density at radius 3 is 2.00 bits per heavy atom. The van der Waals surface area contributed by atoms with Crippen LogP contribution in [0.2, 0.25) is 0 Å². The Labute approximate surface area is 88.9 Å². The van der Waals surface area contributed by atoms with Gasteiger partial charge in [0.2, 0.25) is 0 Å². The van der Waals surface area contributed by atoms with E-state index >= 15 is 0 Å². The van der Waals surface area contributed by atoms with E-state index in [0.29, 0.717) is 6.04 Å². The summed E-state index contributed by atoms with van der Waals surface area (Å²) in [6.07, 6.45) is 3.94. The maximum absolute atomic E-state index is 5.84. The molecule has 0 spiro atoms. The molecule has 0 radical (unpaired) electrons. The lowest BCUT2D eigenvalue weighted by Crippen LogP contribution is -2.26. The highest BCUT2D eigenvalue weighted by Gasteiger charge is 2.22. The molecule has 0 amide bonds. The monoisotopic (exact) mass is 205 g/mol. The largest absolute Gasteiger partial charge is 0.327 e. The molecule has 1 saturated carbocycles. The normalized spacial score (nSPS) is 25.4. The average Bonchev–Trinajstić information content (AvgIpc) is 2.60. The fourth-order valence-corrected chi connectivity index (χ4v) is 2.52. The standard InChI is InChI=1S/C7H15NS.2C2H6/c1-2-9-7-5-3-4-6(7)8;2*1-2/h6-7H,2-5,8H2,1H3;2*1-2H3. The van der Waals surface area contributed by atoms with E-state index in [1.807, 2.05) is 39.5 Å². The van der Waals surface area contributed by atoms with Crippen molar-refractivity contribution >= 4 is 11.8 Å². The number of nitrogens with two attached hydrogens (primary N) is 1. The molecule has 2 N–H and O–H groups in total. The third-order valence-corrected chi connectivity index (χ3v) is 3.23. The highest BCUT2D eigenvalue weighted by molar-refractivity contribution is 7.99. The van der Waals surface area contributed by atoms with Crippen molar-refractivity contribution in [2.75, 3.05) is 5.75 Å². The molecule has 82 valence electrons. The van der Waals surface area contributed by atoms with Gasteiger partial charge in [0.15, 0.2) is 0 Å². The predicted molar refractivity (Wildman–Crippen MR) is 66.4 cm³/mol. The minimum absolute atomic E-state index is 0.495. The summed E-state index contributed by atoms with van der Waals surface area (Å²) in [5.74, 6) is 1.22. The first-order chi connectivity index (χ1) is 6.34. The minimum atomic E-state index is 0.495. The number of hydrogen-bond acceptors (Lipinski definition) is 2. The topological polar surface area (TPSA) is 26.0 Å². The van der Waals surface area contributed by atoms with Crippen molar-refractivity contribution in [3.8, 4) is 0 Å². The molecule has 1 aliphatic rings. The SMILES string of the molecule is CC.CC.CCSC1CCCC1N. The molecule has 0 aromatic heterocycles. The Bertz CT molecular complexity index is 86.2. The summed E-state index contributed by atoms with van der Waals surface area (Å²) in [5.41, 5.74) is 5.84. The molecule has 1 fully saturated rings. The van der Waals surface area contributed by atoms with Crippen LogP contribution >= 0.6 is 11.8 Å². The van der Waals surface area contributed by atoms with Crippen LogP contribution in [-0.4, -0.2) is 17.0 Å². The van der Waals surface area contributed by atoms with Gasteiger partial charge in [-0.1, -0.05) is 41.0 Å². The summed E-state index contributed by atoms with van der Waals surface area (Å²) < 4.78 is 0. The fourth-order valence-electron chi connectivity index (χ4n) is 1.38. The van der Waals surface area contributed by atoms with Gasteiger partial charge < -0.3 is 5.73 Å². The molecule has 0 aromatic carbocycles. The fraction of sp³-hybridized carbons (Fsp3) is 1.00. The van der Waals surface area contributed by atoms with E-state index in [2.05, 4.69) is 6.92 Å². The molecule has 0 bridgehead atoms. The van der Waals surface area contributed by atoms with Crippen LogP contribution in [0, 0.1) is 0 Å². The average molecular weight is 205 g/mol. The van der Waals surface area contributed by atoms with Gasteiger partial charge in [0, 0.05) is 11.3 Å². The Kier molecular flexibility index (Phi) is 14.9. The van der Waals surface area contributed by atoms with Gasteiger partial charge in [0.05, 0.1) is 0 Å². The van der Waals surface area contributed by atoms with Crippen LogP contribution < -0.4 is 5.73 Å². The van der Waals surface area contributed by atoms with E-state index in [0.717, 1.165) is 5.25 Å². The van der Waals surface area contributed by atoms with Gasteiger partial charge in [-0.3, -0.25) is 0 Å². The molecule has 0 aromatic rings. The second-order valence-electron chi connectivity index (χ2n) is 2.59. The summed E-state index contributed by atoms with van der Waals surface area (Å²) in [6.45, 7) is 10.2. The molecule has 2 unspecified atom stereocenters. The molecule has 1 aliphatic carbocycles. The zero-order valence-corrected chi connectivity index (χ0v) is 10.8. The van der Waals surface area contributed by atoms with E-state index in [4.69, 9.17) is 5.73 Å². The Hall–Kier alpha value is 0.310. The van der Waals surface area contributed by atoms with E-state index in [-0.39, 0.29) is 0 Å². The summed E-state index contributed by atoms with van der Waals surface area (Å²) in [6, 6.07) is 0.495. The van der Waals surface area contributed by atoms with Gasteiger partial charge in [-0.05, 0) is 18.6 Å². The van der Waals surface area contributed by atoms with Crippen LogP contribution in [0.5, 0.6) is 0 Å². The van der Waals surface area contributed by atoms with Crippen molar-refractivity contribution in [1.29, 1.82) is 0 Å². The van der Waals surface area contributed by atoms with Crippen LogP contribution in [0.15, 0.2) is 0 Å². The Morgan fingerprint density at radius 2 is 1.69 bits per heavy atom. The number of hydrogen-bond donors (Lipinski definition) is 1. The minimum Gasteiger partial charge on any atom is -0.327 e. The molecule has 0 saturated heterocycles. The Morgan fingerprint density at radius 1 is 1.15 bits per heavy atom. The number of thioether (sulfide) groups is 1. The van der Waals surface area contributed by atoms with Crippen LogP contribution in [-0.2, 0) is 0 Å². The van der Waals surface area contributed by atoms with E-state index in [1.165, 1.54) is 25.0 Å². The Balaban J connectivity index is 0. The molecule has 0 heterocycles. The zero-order valence-electron chi connectivity index (χ0n) is 9.97. The van der Waals surface area contributed by atoms with Crippen LogP contribution in [0.25, 0.3) is 0 Å². The number of rotatable bonds is 2. The van der Waals surface area contributed by atoms with Gasteiger partial charge in [-0.15, -0.1) is 0 Å². The van der Waals surface area contributed by atoms with Crippen LogP contribution in [0.4, 0.5) is 0 Å². The maximum atomic E-state index is 5.84. The predicted octanol–water partition coefficient (Wildman–Crippen LogP) is 3.67. The molecule has 2 atom stereocenters. The molecular weight excluding hydrogens is 178 g/mol. The molecule has 2 heteroatoms. The molecule has 1 nitrogen and oxygen atoms in total. The smallest absolute Gasteiger partial charge is 0.0198 e. The van der Waals surface area contributed by atoms with Crippen molar-refractivity contribution in [3.05, 3.63) is 0 Å². The highest BCUT2D eigenvalue weighted by atomic mass is 32.2. The first-order valence-corrected chi connectivity index (χ1v) is 6.76. The quantitative estimate of drug-likeness (QED) is 0.744. The lowest BCUT2D eigenvalue weighted by molar-refractivity contribution is 0.716. The summed E-state index contributed by atoms with van der Waals surface area (Å²) in [4.78, 5) is 0. The van der Waals surface area contributed by atoms with Crippen LogP contribution in [0.1, 0.15) is 53.9 Å². The third-order valence-electron chi connectivity index (χ3n) is 1.88. The lowest BCUT2D eigenvalue weighted by Gasteiger charge is -2.12. The van der Waals surface area contributed by atoms with Crippen molar-refractivity contribution < 1.29 is 0 Å². The van der Waals surface area contributed by atoms with Crippen molar-refractivity contribution in [1.82, 2.24) is 0 Å². The van der Waals surface area contributed by atoms with Gasteiger partial charge >= 0.3 is 0 Å². The summed E-state index contributed by atoms with van der Waals surface area (Å²) in [5, 5.41) is 0.773. The third kappa shape index (κ3) is 7.39. The molecule has 13 heavy (non-hydrogen) atoms. The van der Waals surface area contributed by atoms with Gasteiger partial charge in [0.1, 0.15) is 0 Å². The van der Waals surface area contributed by atoms with Crippen molar-refractivity contribution in [2.45, 2.75) is 65.2 Å². The van der Waals surface area contributed by atoms with Gasteiger partial charge in [-0.2, -0.15) is 11.8 Å². The molecule has 0 aliphatic heterocycles. The van der Waals surface area contributed by atoms with Crippen LogP contribution in [0.3, 0.4) is 0 Å².